The highest BCUT2D eigenvalue weighted by atomic mass is 16.5. The van der Waals surface area contributed by atoms with E-state index in [-0.39, 0.29) is 18.4 Å². The quantitative estimate of drug-likeness (QED) is 0.799. The number of nitrogens with one attached hydrogen (secondary N) is 1. The summed E-state index contributed by atoms with van der Waals surface area (Å²) in [6, 6.07) is 16.1. The molecule has 2 aromatic carbocycles. The lowest BCUT2D eigenvalue weighted by Crippen LogP contribution is -2.32. The number of unbranched alkanes of at least 4 members (excludes halogenated alkanes) is 1. The Kier molecular flexibility index (Phi) is 7.01. The molecule has 5 nitrogen and oxygen atoms in total. The van der Waals surface area contributed by atoms with Crippen LogP contribution < -0.4 is 10.1 Å². The number of nitrogens with zero attached hydrogens (tertiary/aromatic N) is 1. The summed E-state index contributed by atoms with van der Waals surface area (Å²) in [4.78, 5) is 26.2. The van der Waals surface area contributed by atoms with Gasteiger partial charge in [-0.3, -0.25) is 9.59 Å². The van der Waals surface area contributed by atoms with Crippen molar-refractivity contribution in [3.8, 4) is 5.75 Å². The van der Waals surface area contributed by atoms with Crippen LogP contribution in [0.3, 0.4) is 0 Å². The molecular weight excluding hydrogens is 316 g/mol. The highest BCUT2D eigenvalue weighted by Gasteiger charge is 2.15. The van der Waals surface area contributed by atoms with Crippen LogP contribution in [0, 0.1) is 0 Å². The molecule has 0 aliphatic carbocycles. The van der Waals surface area contributed by atoms with E-state index in [4.69, 9.17) is 4.74 Å². The van der Waals surface area contributed by atoms with E-state index >= 15 is 0 Å². The third-order valence-electron chi connectivity index (χ3n) is 3.79. The van der Waals surface area contributed by atoms with E-state index in [1.807, 2.05) is 30.3 Å². The van der Waals surface area contributed by atoms with Crippen molar-refractivity contribution in [2.45, 2.75) is 19.8 Å². The number of amides is 2. The van der Waals surface area contributed by atoms with Crippen molar-refractivity contribution in [1.29, 1.82) is 0 Å². The van der Waals surface area contributed by atoms with Crippen LogP contribution in [-0.2, 0) is 4.79 Å². The molecule has 0 fully saturated rings. The summed E-state index contributed by atoms with van der Waals surface area (Å²) in [5.41, 5.74) is 1.10. The van der Waals surface area contributed by atoms with Crippen LogP contribution in [0.1, 0.15) is 30.1 Å². The summed E-state index contributed by atoms with van der Waals surface area (Å²) in [5, 5.41) is 2.82. The molecule has 2 aromatic rings. The van der Waals surface area contributed by atoms with E-state index in [0.29, 0.717) is 23.5 Å². The predicted octanol–water partition coefficient (Wildman–Crippen LogP) is 3.58. The molecule has 0 unspecified atom stereocenters. The zero-order valence-corrected chi connectivity index (χ0v) is 14.7. The maximum Gasteiger partial charge on any atom is 0.260 e. The summed E-state index contributed by atoms with van der Waals surface area (Å²) in [7, 11) is 1.76. The molecule has 1 N–H and O–H groups in total. The van der Waals surface area contributed by atoms with Gasteiger partial charge in [0.05, 0.1) is 5.56 Å². The lowest BCUT2D eigenvalue weighted by molar-refractivity contribution is -0.132. The number of ether oxygens (including phenoxy) is 1. The van der Waals surface area contributed by atoms with E-state index in [2.05, 4.69) is 12.2 Å². The second kappa shape index (κ2) is 9.47. The van der Waals surface area contributed by atoms with Gasteiger partial charge in [-0.1, -0.05) is 43.7 Å². The lowest BCUT2D eigenvalue weighted by Gasteiger charge is -2.17. The van der Waals surface area contributed by atoms with Crippen LogP contribution in [0.15, 0.2) is 54.6 Å². The molecule has 0 atom stereocenters. The third-order valence-corrected chi connectivity index (χ3v) is 3.79. The Morgan fingerprint density at radius 3 is 2.44 bits per heavy atom. The Morgan fingerprint density at radius 1 is 1.04 bits per heavy atom. The summed E-state index contributed by atoms with van der Waals surface area (Å²) < 4.78 is 5.61. The molecule has 5 heteroatoms. The van der Waals surface area contributed by atoms with Gasteiger partial charge < -0.3 is 15.0 Å². The van der Waals surface area contributed by atoms with Gasteiger partial charge in [-0.05, 0) is 30.7 Å². The first-order chi connectivity index (χ1) is 12.1. The lowest BCUT2D eigenvalue weighted by atomic mass is 10.2. The molecule has 2 amide bonds. The fourth-order valence-electron chi connectivity index (χ4n) is 2.27. The summed E-state index contributed by atoms with van der Waals surface area (Å²) in [5.74, 6) is 0.0217. The molecule has 25 heavy (non-hydrogen) atoms. The van der Waals surface area contributed by atoms with Crippen molar-refractivity contribution in [3.05, 3.63) is 60.2 Å². The number of anilines is 1. The molecule has 0 bridgehead atoms. The molecule has 0 aliphatic heterocycles. The molecule has 0 saturated carbocycles. The van der Waals surface area contributed by atoms with Crippen LogP contribution in [0.2, 0.25) is 0 Å². The Morgan fingerprint density at radius 2 is 1.72 bits per heavy atom. The van der Waals surface area contributed by atoms with Gasteiger partial charge >= 0.3 is 0 Å². The fourth-order valence-corrected chi connectivity index (χ4v) is 2.27. The summed E-state index contributed by atoms with van der Waals surface area (Å²) in [6.45, 7) is 2.70. The molecular formula is C20H24N2O3. The van der Waals surface area contributed by atoms with Crippen molar-refractivity contribution >= 4 is 17.5 Å². The topological polar surface area (TPSA) is 58.6 Å². The standard InChI is InChI=1S/C20H24N2O3/c1-3-4-14-22(2)19(23)15-25-18-13-9-8-12-17(18)20(24)21-16-10-6-5-7-11-16/h5-13H,3-4,14-15H2,1-2H3,(H,21,24). The minimum absolute atomic E-state index is 0.0875. The van der Waals surface area contributed by atoms with Crippen molar-refractivity contribution in [2.24, 2.45) is 0 Å². The number of rotatable bonds is 8. The highest BCUT2D eigenvalue weighted by Crippen LogP contribution is 2.19. The first-order valence-electron chi connectivity index (χ1n) is 8.44. The summed E-state index contributed by atoms with van der Waals surface area (Å²) in [6.07, 6.45) is 1.99. The van der Waals surface area contributed by atoms with Gasteiger partial charge in [0.2, 0.25) is 0 Å². The van der Waals surface area contributed by atoms with Gasteiger partial charge in [0.25, 0.3) is 11.8 Å². The van der Waals surface area contributed by atoms with Crippen LogP contribution in [-0.4, -0.2) is 36.9 Å². The SMILES string of the molecule is CCCCN(C)C(=O)COc1ccccc1C(=O)Nc1ccccc1. The molecule has 0 spiro atoms. The van der Waals surface area contributed by atoms with Crippen molar-refractivity contribution in [1.82, 2.24) is 4.90 Å². The van der Waals surface area contributed by atoms with Gasteiger partial charge in [0, 0.05) is 19.3 Å². The van der Waals surface area contributed by atoms with Gasteiger partial charge in [0.15, 0.2) is 6.61 Å². The number of likely N-dealkylation sites (N-methyl/N-ethyl adjacent to an activating group) is 1. The van der Waals surface area contributed by atoms with Crippen LogP contribution in [0.4, 0.5) is 5.69 Å². The van der Waals surface area contributed by atoms with E-state index < -0.39 is 0 Å². The Balaban J connectivity index is 2.00. The largest absolute Gasteiger partial charge is 0.483 e. The van der Waals surface area contributed by atoms with Crippen molar-refractivity contribution in [2.75, 3.05) is 25.5 Å². The van der Waals surface area contributed by atoms with E-state index in [1.165, 1.54) is 0 Å². The number of carbonyl (C=O) groups is 2. The maximum atomic E-state index is 12.5. The molecule has 0 heterocycles. The van der Waals surface area contributed by atoms with Crippen molar-refractivity contribution < 1.29 is 14.3 Å². The molecule has 0 radical (unpaired) electrons. The Hall–Kier alpha value is -2.82. The zero-order chi connectivity index (χ0) is 18.1. The second-order valence-electron chi connectivity index (χ2n) is 5.77. The highest BCUT2D eigenvalue weighted by molar-refractivity contribution is 6.06. The Labute approximate surface area is 148 Å². The molecule has 132 valence electrons. The van der Waals surface area contributed by atoms with Gasteiger partial charge in [-0.25, -0.2) is 0 Å². The van der Waals surface area contributed by atoms with E-state index in [0.717, 1.165) is 12.8 Å². The molecule has 0 aliphatic rings. The number of hydrogen-bond acceptors (Lipinski definition) is 3. The smallest absolute Gasteiger partial charge is 0.260 e. The van der Waals surface area contributed by atoms with Crippen LogP contribution in [0.5, 0.6) is 5.75 Å². The maximum absolute atomic E-state index is 12.5. The molecule has 0 aromatic heterocycles. The monoisotopic (exact) mass is 340 g/mol. The second-order valence-corrected chi connectivity index (χ2v) is 5.77. The normalized spacial score (nSPS) is 10.2. The fraction of sp³-hybridized carbons (Fsp3) is 0.300. The Bertz CT molecular complexity index is 701. The number of carbonyl (C=O) groups excluding carboxylic acids is 2. The van der Waals surface area contributed by atoms with Gasteiger partial charge in [-0.15, -0.1) is 0 Å². The van der Waals surface area contributed by atoms with Crippen molar-refractivity contribution in [3.63, 3.8) is 0 Å². The minimum atomic E-state index is -0.270. The zero-order valence-electron chi connectivity index (χ0n) is 14.7. The number of para-hydroxylation sites is 2. The van der Waals surface area contributed by atoms with Gasteiger partial charge in [0.1, 0.15) is 5.75 Å². The molecule has 2 rings (SSSR count). The number of benzene rings is 2. The minimum Gasteiger partial charge on any atom is -0.483 e. The van der Waals surface area contributed by atoms with Crippen LogP contribution >= 0.6 is 0 Å². The summed E-state index contributed by atoms with van der Waals surface area (Å²) >= 11 is 0. The number of hydrogen-bond donors (Lipinski definition) is 1. The van der Waals surface area contributed by atoms with E-state index in [1.54, 1.807) is 36.2 Å². The third kappa shape index (κ3) is 5.64. The van der Waals surface area contributed by atoms with Gasteiger partial charge in [-0.2, -0.15) is 0 Å². The predicted molar refractivity (Wildman–Crippen MR) is 98.9 cm³/mol. The average molecular weight is 340 g/mol. The molecule has 0 saturated heterocycles. The first-order valence-corrected chi connectivity index (χ1v) is 8.44. The van der Waals surface area contributed by atoms with Crippen LogP contribution in [0.25, 0.3) is 0 Å². The first kappa shape index (κ1) is 18.5. The van der Waals surface area contributed by atoms with E-state index in [9.17, 15) is 9.59 Å². The average Bonchev–Trinajstić information content (AvgIpc) is 2.65.